The Morgan fingerprint density at radius 3 is 2.95 bits per heavy atom. The minimum absolute atomic E-state index is 0.454. The van der Waals surface area contributed by atoms with Crippen LogP contribution in [0.4, 0.5) is 0 Å². The second-order valence-corrected chi connectivity index (χ2v) is 5.30. The Morgan fingerprint density at radius 1 is 1.33 bits per heavy atom. The van der Waals surface area contributed by atoms with Gasteiger partial charge < -0.3 is 10.1 Å². The molecule has 0 saturated heterocycles. The molecular formula is C17H25N3O. The third kappa shape index (κ3) is 4.33. The molecule has 0 fully saturated rings. The summed E-state index contributed by atoms with van der Waals surface area (Å²) in [6, 6.07) is 10.8. The number of ether oxygens (including phenoxy) is 1. The maximum atomic E-state index is 5.24. The molecule has 1 aromatic heterocycles. The first-order valence-electron chi connectivity index (χ1n) is 7.60. The van der Waals surface area contributed by atoms with Crippen LogP contribution in [-0.2, 0) is 13.0 Å². The summed E-state index contributed by atoms with van der Waals surface area (Å²) >= 11 is 0. The fraction of sp³-hybridized carbons (Fsp3) is 0.471. The predicted octanol–water partition coefficient (Wildman–Crippen LogP) is 3.20. The molecule has 0 amide bonds. The molecule has 1 atom stereocenters. The highest BCUT2D eigenvalue weighted by Gasteiger charge is 2.07. The maximum Gasteiger partial charge on any atom is 0.119 e. The SMILES string of the molecule is CC[C@H](C)n1nccc1CNCCc1cccc(OC)c1. The Labute approximate surface area is 127 Å². The first-order chi connectivity index (χ1) is 10.2. The zero-order valence-electron chi connectivity index (χ0n) is 13.2. The number of hydrogen-bond donors (Lipinski definition) is 1. The van der Waals surface area contributed by atoms with Gasteiger partial charge in [0.1, 0.15) is 5.75 Å². The second kappa shape index (κ2) is 7.84. The minimum Gasteiger partial charge on any atom is -0.497 e. The molecule has 0 saturated carbocycles. The summed E-state index contributed by atoms with van der Waals surface area (Å²) in [6.07, 6.45) is 3.97. The highest BCUT2D eigenvalue weighted by Crippen LogP contribution is 2.13. The van der Waals surface area contributed by atoms with Gasteiger partial charge in [-0.15, -0.1) is 0 Å². The van der Waals surface area contributed by atoms with Crippen LogP contribution >= 0.6 is 0 Å². The topological polar surface area (TPSA) is 39.1 Å². The average molecular weight is 287 g/mol. The Morgan fingerprint density at radius 2 is 2.19 bits per heavy atom. The second-order valence-electron chi connectivity index (χ2n) is 5.30. The molecule has 0 aliphatic heterocycles. The van der Waals surface area contributed by atoms with E-state index in [2.05, 4.69) is 47.1 Å². The number of nitrogens with zero attached hydrogens (tertiary/aromatic N) is 2. The molecule has 0 bridgehead atoms. The van der Waals surface area contributed by atoms with Crippen LogP contribution in [0.25, 0.3) is 0 Å². The molecule has 0 aliphatic rings. The van der Waals surface area contributed by atoms with Crippen LogP contribution in [-0.4, -0.2) is 23.4 Å². The van der Waals surface area contributed by atoms with Crippen molar-refractivity contribution < 1.29 is 4.74 Å². The first kappa shape index (κ1) is 15.6. The lowest BCUT2D eigenvalue weighted by atomic mass is 10.1. The van der Waals surface area contributed by atoms with Crippen molar-refractivity contribution in [3.63, 3.8) is 0 Å². The van der Waals surface area contributed by atoms with E-state index in [4.69, 9.17) is 4.74 Å². The van der Waals surface area contributed by atoms with E-state index in [0.29, 0.717) is 6.04 Å². The summed E-state index contributed by atoms with van der Waals surface area (Å²) in [5, 5.41) is 7.90. The molecular weight excluding hydrogens is 262 g/mol. The van der Waals surface area contributed by atoms with Gasteiger partial charge in [-0.3, -0.25) is 4.68 Å². The molecule has 114 valence electrons. The molecule has 1 aromatic carbocycles. The molecule has 4 nitrogen and oxygen atoms in total. The van der Waals surface area contributed by atoms with Gasteiger partial charge in [0.2, 0.25) is 0 Å². The molecule has 1 N–H and O–H groups in total. The number of rotatable bonds is 8. The van der Waals surface area contributed by atoms with Gasteiger partial charge in [0.15, 0.2) is 0 Å². The summed E-state index contributed by atoms with van der Waals surface area (Å²) in [7, 11) is 1.70. The number of benzene rings is 1. The summed E-state index contributed by atoms with van der Waals surface area (Å²) in [5.41, 5.74) is 2.53. The Balaban J connectivity index is 1.81. The van der Waals surface area contributed by atoms with Crippen molar-refractivity contribution in [3.05, 3.63) is 47.8 Å². The van der Waals surface area contributed by atoms with Crippen LogP contribution in [0.2, 0.25) is 0 Å². The smallest absolute Gasteiger partial charge is 0.119 e. The first-order valence-corrected chi connectivity index (χ1v) is 7.60. The van der Waals surface area contributed by atoms with Crippen molar-refractivity contribution in [2.45, 2.75) is 39.3 Å². The number of methoxy groups -OCH3 is 1. The van der Waals surface area contributed by atoms with Gasteiger partial charge in [0, 0.05) is 18.8 Å². The van der Waals surface area contributed by atoms with Gasteiger partial charge in [0.05, 0.1) is 12.8 Å². The molecule has 0 radical (unpaired) electrons. The Bertz CT molecular complexity index is 550. The van der Waals surface area contributed by atoms with Crippen molar-refractivity contribution in [2.24, 2.45) is 0 Å². The van der Waals surface area contributed by atoms with Crippen LogP contribution in [0.15, 0.2) is 36.5 Å². The largest absolute Gasteiger partial charge is 0.497 e. The minimum atomic E-state index is 0.454. The summed E-state index contributed by atoms with van der Waals surface area (Å²) < 4.78 is 7.35. The zero-order valence-corrected chi connectivity index (χ0v) is 13.2. The Kier molecular flexibility index (Phi) is 5.81. The fourth-order valence-electron chi connectivity index (χ4n) is 2.33. The number of hydrogen-bond acceptors (Lipinski definition) is 3. The van der Waals surface area contributed by atoms with Crippen molar-refractivity contribution >= 4 is 0 Å². The van der Waals surface area contributed by atoms with Crippen LogP contribution in [0, 0.1) is 0 Å². The highest BCUT2D eigenvalue weighted by molar-refractivity contribution is 5.28. The van der Waals surface area contributed by atoms with Crippen molar-refractivity contribution in [2.75, 3.05) is 13.7 Å². The number of aromatic nitrogens is 2. The van der Waals surface area contributed by atoms with Gasteiger partial charge in [-0.25, -0.2) is 0 Å². The monoisotopic (exact) mass is 287 g/mol. The van der Waals surface area contributed by atoms with Gasteiger partial charge in [-0.05, 0) is 50.1 Å². The zero-order chi connectivity index (χ0) is 15.1. The molecule has 0 unspecified atom stereocenters. The van der Waals surface area contributed by atoms with Gasteiger partial charge in [-0.1, -0.05) is 19.1 Å². The summed E-state index contributed by atoms with van der Waals surface area (Å²) in [4.78, 5) is 0. The van der Waals surface area contributed by atoms with E-state index in [-0.39, 0.29) is 0 Å². The standard InChI is InChI=1S/C17H25N3O/c1-4-14(2)20-16(9-11-19-20)13-18-10-8-15-6-5-7-17(12-15)21-3/h5-7,9,11-12,14,18H,4,8,10,13H2,1-3H3/t14-/m0/s1. The molecule has 1 heterocycles. The van der Waals surface area contributed by atoms with Crippen molar-refractivity contribution in [1.82, 2.24) is 15.1 Å². The fourth-order valence-corrected chi connectivity index (χ4v) is 2.33. The molecule has 0 aliphatic carbocycles. The molecule has 2 rings (SSSR count). The lowest BCUT2D eigenvalue weighted by Gasteiger charge is -2.14. The van der Waals surface area contributed by atoms with Gasteiger partial charge in [-0.2, -0.15) is 5.10 Å². The number of nitrogens with one attached hydrogen (secondary N) is 1. The van der Waals surface area contributed by atoms with Crippen molar-refractivity contribution in [1.29, 1.82) is 0 Å². The molecule has 4 heteroatoms. The molecule has 2 aromatic rings. The lowest BCUT2D eigenvalue weighted by molar-refractivity contribution is 0.414. The van der Waals surface area contributed by atoms with E-state index in [9.17, 15) is 0 Å². The van der Waals surface area contributed by atoms with Crippen LogP contribution in [0.1, 0.15) is 37.6 Å². The van der Waals surface area contributed by atoms with Crippen LogP contribution in [0.5, 0.6) is 5.75 Å². The van der Waals surface area contributed by atoms with E-state index in [1.807, 2.05) is 18.3 Å². The highest BCUT2D eigenvalue weighted by atomic mass is 16.5. The van der Waals surface area contributed by atoms with Crippen LogP contribution in [0.3, 0.4) is 0 Å². The Hall–Kier alpha value is -1.81. The van der Waals surface area contributed by atoms with E-state index in [0.717, 1.165) is 31.7 Å². The van der Waals surface area contributed by atoms with E-state index < -0.39 is 0 Å². The third-order valence-corrected chi connectivity index (χ3v) is 3.79. The normalized spacial score (nSPS) is 12.3. The molecule has 21 heavy (non-hydrogen) atoms. The van der Waals surface area contributed by atoms with E-state index in [1.54, 1.807) is 7.11 Å². The quantitative estimate of drug-likeness (QED) is 0.758. The van der Waals surface area contributed by atoms with Gasteiger partial charge in [0.25, 0.3) is 0 Å². The van der Waals surface area contributed by atoms with E-state index in [1.165, 1.54) is 11.3 Å². The maximum absolute atomic E-state index is 5.24. The third-order valence-electron chi connectivity index (χ3n) is 3.79. The average Bonchev–Trinajstić information content (AvgIpc) is 2.99. The van der Waals surface area contributed by atoms with Gasteiger partial charge >= 0.3 is 0 Å². The van der Waals surface area contributed by atoms with E-state index >= 15 is 0 Å². The summed E-state index contributed by atoms with van der Waals surface area (Å²) in [6.45, 7) is 6.19. The predicted molar refractivity (Wildman–Crippen MR) is 85.6 cm³/mol. The summed E-state index contributed by atoms with van der Waals surface area (Å²) in [5.74, 6) is 0.919. The lowest BCUT2D eigenvalue weighted by Crippen LogP contribution is -2.20. The van der Waals surface area contributed by atoms with Crippen LogP contribution < -0.4 is 10.1 Å². The van der Waals surface area contributed by atoms with Crippen molar-refractivity contribution in [3.8, 4) is 5.75 Å². The molecule has 0 spiro atoms.